The molecule has 3 aromatic heterocycles. The zero-order chi connectivity index (χ0) is 21.5. The second-order valence-corrected chi connectivity index (χ2v) is 8.40. The van der Waals surface area contributed by atoms with Gasteiger partial charge in [-0.1, -0.05) is 23.5 Å². The van der Waals surface area contributed by atoms with Gasteiger partial charge in [0.15, 0.2) is 22.4 Å². The van der Waals surface area contributed by atoms with Gasteiger partial charge in [0.2, 0.25) is 0 Å². The number of hydrogen-bond acceptors (Lipinski definition) is 8. The Morgan fingerprint density at radius 2 is 1.88 bits per heavy atom. The van der Waals surface area contributed by atoms with Gasteiger partial charge < -0.3 is 15.0 Å². The lowest BCUT2D eigenvalue weighted by Crippen LogP contribution is -2.36. The van der Waals surface area contributed by atoms with Gasteiger partial charge in [0.1, 0.15) is 5.82 Å². The van der Waals surface area contributed by atoms with Crippen LogP contribution < -0.4 is 10.2 Å². The molecular formula is C22H18FN7OS. The summed E-state index contributed by atoms with van der Waals surface area (Å²) in [6.07, 6.45) is 0. The van der Waals surface area contributed by atoms with Crippen molar-refractivity contribution in [3.8, 4) is 11.4 Å². The molecule has 1 N–H and O–H groups in total. The molecule has 8 nitrogen and oxygen atoms in total. The first kappa shape index (κ1) is 19.1. The fraction of sp³-hybridized carbons (Fsp3) is 0.182. The molecule has 0 atom stereocenters. The van der Waals surface area contributed by atoms with Crippen LogP contribution in [0.1, 0.15) is 0 Å². The third-order valence-corrected chi connectivity index (χ3v) is 6.39. The first-order valence-electron chi connectivity index (χ1n) is 10.2. The average molecular weight is 447 g/mol. The van der Waals surface area contributed by atoms with Crippen molar-refractivity contribution in [2.75, 3.05) is 36.5 Å². The number of hydrogen-bond donors (Lipinski definition) is 1. The van der Waals surface area contributed by atoms with Crippen molar-refractivity contribution in [2.24, 2.45) is 0 Å². The number of fused-ring (bicyclic) bond motifs is 2. The molecular weight excluding hydrogens is 429 g/mol. The molecule has 0 saturated carbocycles. The van der Waals surface area contributed by atoms with Crippen LogP contribution in [-0.4, -0.2) is 51.1 Å². The molecule has 2 aromatic carbocycles. The number of ether oxygens (including phenoxy) is 1. The first-order chi connectivity index (χ1) is 15.7. The summed E-state index contributed by atoms with van der Waals surface area (Å²) in [6.45, 7) is 3.18. The quantitative estimate of drug-likeness (QED) is 0.444. The maximum atomic E-state index is 14.3. The fourth-order valence-corrected chi connectivity index (χ4v) is 4.75. The van der Waals surface area contributed by atoms with E-state index in [0.29, 0.717) is 22.9 Å². The highest BCUT2D eigenvalue weighted by atomic mass is 32.1. The molecule has 0 aliphatic carbocycles. The Balaban J connectivity index is 1.31. The Kier molecular flexibility index (Phi) is 4.66. The van der Waals surface area contributed by atoms with Crippen LogP contribution in [-0.2, 0) is 4.74 Å². The molecule has 0 radical (unpaired) electrons. The highest BCUT2D eigenvalue weighted by Gasteiger charge is 2.16. The van der Waals surface area contributed by atoms with Crippen LogP contribution >= 0.6 is 11.3 Å². The lowest BCUT2D eigenvalue weighted by Gasteiger charge is -2.25. The van der Waals surface area contributed by atoms with Crippen molar-refractivity contribution in [3.05, 3.63) is 60.4 Å². The van der Waals surface area contributed by atoms with Crippen molar-refractivity contribution >= 4 is 43.8 Å². The van der Waals surface area contributed by atoms with Crippen molar-refractivity contribution in [2.45, 2.75) is 0 Å². The summed E-state index contributed by atoms with van der Waals surface area (Å²) in [5.74, 6) is 0.593. The molecule has 0 bridgehead atoms. The molecule has 1 aliphatic heterocycles. The summed E-state index contributed by atoms with van der Waals surface area (Å²) in [7, 11) is 0. The van der Waals surface area contributed by atoms with Crippen molar-refractivity contribution in [1.29, 1.82) is 0 Å². The summed E-state index contributed by atoms with van der Waals surface area (Å²) < 4.78 is 22.3. The minimum absolute atomic E-state index is 0.353. The first-order valence-corrected chi connectivity index (χ1v) is 11.0. The number of morpholine rings is 1. The molecule has 1 fully saturated rings. The Hall–Kier alpha value is -3.63. The molecule has 0 amide bonds. The normalized spacial score (nSPS) is 14.3. The Bertz CT molecular complexity index is 1430. The largest absolute Gasteiger partial charge is 0.378 e. The smallest absolute Gasteiger partial charge is 0.188 e. The number of rotatable bonds is 4. The van der Waals surface area contributed by atoms with Crippen LogP contribution in [0.15, 0.2) is 54.6 Å². The number of nitrogens with zero attached hydrogens (tertiary/aromatic N) is 6. The van der Waals surface area contributed by atoms with Gasteiger partial charge in [0, 0.05) is 18.8 Å². The third kappa shape index (κ3) is 3.43. The van der Waals surface area contributed by atoms with Crippen LogP contribution in [0.25, 0.3) is 27.3 Å². The zero-order valence-electron chi connectivity index (χ0n) is 16.9. The maximum absolute atomic E-state index is 14.3. The van der Waals surface area contributed by atoms with Crippen LogP contribution in [0.5, 0.6) is 0 Å². The number of benzene rings is 2. The highest BCUT2D eigenvalue weighted by molar-refractivity contribution is 7.22. The summed E-state index contributed by atoms with van der Waals surface area (Å²) >= 11 is 1.67. The van der Waals surface area contributed by atoms with E-state index in [1.165, 1.54) is 6.07 Å². The molecule has 4 heterocycles. The van der Waals surface area contributed by atoms with Gasteiger partial charge in [-0.05, 0) is 42.5 Å². The van der Waals surface area contributed by atoms with E-state index >= 15 is 0 Å². The van der Waals surface area contributed by atoms with E-state index in [4.69, 9.17) is 9.72 Å². The Labute approximate surface area is 186 Å². The monoisotopic (exact) mass is 447 g/mol. The van der Waals surface area contributed by atoms with E-state index in [1.54, 1.807) is 40.1 Å². The zero-order valence-corrected chi connectivity index (χ0v) is 17.7. The third-order valence-electron chi connectivity index (χ3n) is 5.31. The van der Waals surface area contributed by atoms with Crippen LogP contribution in [0.3, 0.4) is 0 Å². The van der Waals surface area contributed by atoms with Crippen molar-refractivity contribution < 1.29 is 9.13 Å². The number of anilines is 3. The van der Waals surface area contributed by atoms with E-state index in [0.717, 1.165) is 47.3 Å². The second kappa shape index (κ2) is 7.81. The molecule has 32 heavy (non-hydrogen) atoms. The number of aromatic nitrogens is 5. The number of nitrogens with one attached hydrogen (secondary N) is 1. The van der Waals surface area contributed by atoms with Crippen molar-refractivity contribution in [3.63, 3.8) is 0 Å². The van der Waals surface area contributed by atoms with Gasteiger partial charge in [-0.15, -0.1) is 15.3 Å². The summed E-state index contributed by atoms with van der Waals surface area (Å²) in [5, 5.41) is 17.2. The molecule has 5 aromatic rings. The minimum Gasteiger partial charge on any atom is -0.378 e. The molecule has 10 heteroatoms. The van der Waals surface area contributed by atoms with Crippen LogP contribution in [0.4, 0.5) is 21.0 Å². The van der Waals surface area contributed by atoms with Crippen molar-refractivity contribution in [1.82, 2.24) is 24.8 Å². The molecule has 0 unspecified atom stereocenters. The highest BCUT2D eigenvalue weighted by Crippen LogP contribution is 2.32. The topological polar surface area (TPSA) is 80.5 Å². The lowest BCUT2D eigenvalue weighted by molar-refractivity contribution is 0.122. The van der Waals surface area contributed by atoms with E-state index in [1.807, 2.05) is 18.2 Å². The van der Waals surface area contributed by atoms with E-state index < -0.39 is 0 Å². The SMILES string of the molecule is Fc1ccccc1-c1nnc2ccc(Nc3ccc4nc(N5CCOCC5)sc4c3)nn12. The van der Waals surface area contributed by atoms with E-state index in [9.17, 15) is 4.39 Å². The molecule has 160 valence electrons. The summed E-state index contributed by atoms with van der Waals surface area (Å²) in [6, 6.07) is 16.1. The predicted octanol–water partition coefficient (Wildman–Crippen LogP) is 4.12. The number of thiazole rings is 1. The summed E-state index contributed by atoms with van der Waals surface area (Å²) in [4.78, 5) is 7.02. The van der Waals surface area contributed by atoms with Crippen LogP contribution in [0, 0.1) is 5.82 Å². The molecule has 6 rings (SSSR count). The molecule has 0 spiro atoms. The van der Waals surface area contributed by atoms with Gasteiger partial charge in [-0.3, -0.25) is 0 Å². The van der Waals surface area contributed by atoms with E-state index in [2.05, 4.69) is 31.6 Å². The Morgan fingerprint density at radius 3 is 2.75 bits per heavy atom. The number of halogens is 1. The molecule has 1 saturated heterocycles. The standard InChI is InChI=1S/C22H18FN7OS/c23-16-4-2-1-3-15(16)21-27-26-20-8-7-19(28-30(20)21)24-14-5-6-17-18(13-14)32-22(25-17)29-9-11-31-12-10-29/h1-8,13H,9-12H2,(H,24,28). The summed E-state index contributed by atoms with van der Waals surface area (Å²) in [5.41, 5.74) is 2.75. The lowest BCUT2D eigenvalue weighted by atomic mass is 10.2. The van der Waals surface area contributed by atoms with Gasteiger partial charge >= 0.3 is 0 Å². The minimum atomic E-state index is -0.367. The van der Waals surface area contributed by atoms with Gasteiger partial charge in [-0.25, -0.2) is 9.37 Å². The fourth-order valence-electron chi connectivity index (χ4n) is 3.69. The van der Waals surface area contributed by atoms with Gasteiger partial charge in [-0.2, -0.15) is 4.52 Å². The molecule has 1 aliphatic rings. The van der Waals surface area contributed by atoms with Gasteiger partial charge in [0.25, 0.3) is 0 Å². The van der Waals surface area contributed by atoms with E-state index in [-0.39, 0.29) is 5.82 Å². The Morgan fingerprint density at radius 1 is 1.00 bits per heavy atom. The maximum Gasteiger partial charge on any atom is 0.188 e. The average Bonchev–Trinajstić information content (AvgIpc) is 3.44. The van der Waals surface area contributed by atoms with Gasteiger partial charge in [0.05, 0.1) is 29.0 Å². The second-order valence-electron chi connectivity index (χ2n) is 7.40. The predicted molar refractivity (Wildman–Crippen MR) is 122 cm³/mol. The van der Waals surface area contributed by atoms with Crippen LogP contribution in [0.2, 0.25) is 0 Å².